The molecule has 0 bridgehead atoms. The summed E-state index contributed by atoms with van der Waals surface area (Å²) in [5, 5.41) is 6.20. The van der Waals surface area contributed by atoms with Crippen LogP contribution >= 0.6 is 0 Å². The predicted octanol–water partition coefficient (Wildman–Crippen LogP) is 5.01. The molecule has 1 aromatic heterocycles. The average Bonchev–Trinajstić information content (AvgIpc) is 2.99. The van der Waals surface area contributed by atoms with E-state index in [1.165, 1.54) is 32.1 Å². The molecule has 188 valence electrons. The number of aromatic nitrogens is 1. The largest absolute Gasteiger partial charge is 0.350 e. The Labute approximate surface area is 229 Å². The van der Waals surface area contributed by atoms with Crippen LogP contribution in [-0.4, -0.2) is 12.6 Å². The van der Waals surface area contributed by atoms with Crippen molar-refractivity contribution in [2.24, 2.45) is 7.05 Å². The van der Waals surface area contributed by atoms with Crippen molar-refractivity contribution in [3.8, 4) is 0 Å². The van der Waals surface area contributed by atoms with Crippen LogP contribution in [0, 0.1) is 6.92 Å². The van der Waals surface area contributed by atoms with Crippen molar-refractivity contribution in [2.45, 2.75) is 6.92 Å². The van der Waals surface area contributed by atoms with E-state index in [4.69, 9.17) is 0 Å². The van der Waals surface area contributed by atoms with Crippen molar-refractivity contribution in [3.63, 3.8) is 0 Å². The van der Waals surface area contributed by atoms with Gasteiger partial charge in [0.2, 0.25) is 0 Å². The van der Waals surface area contributed by atoms with Crippen molar-refractivity contribution in [1.29, 1.82) is 0 Å². The fourth-order valence-corrected chi connectivity index (χ4v) is 11.6. The molecule has 7 rings (SSSR count). The van der Waals surface area contributed by atoms with Crippen LogP contribution in [-0.2, 0) is 7.05 Å². The van der Waals surface area contributed by atoms with Crippen molar-refractivity contribution < 1.29 is 0 Å². The first-order valence-corrected chi connectivity index (χ1v) is 15.3. The lowest BCUT2D eigenvalue weighted by molar-refractivity contribution is 0.938. The van der Waals surface area contributed by atoms with Gasteiger partial charge >= 0.3 is 0 Å². The van der Waals surface area contributed by atoms with Gasteiger partial charge in [-0.3, -0.25) is 4.79 Å². The summed E-state index contributed by atoms with van der Waals surface area (Å²) in [5.41, 5.74) is 5.20. The van der Waals surface area contributed by atoms with E-state index in [1.54, 1.807) is 0 Å². The standard InChI is InChI=1S/C35H28N2OSi/c1-25-24-36(2)32-23-26(21-22-29(32)35(25)38)37-30-17-9-11-19-33(30)39(27-13-5-3-6-14-27,28-15-7-4-8-16-28)34-20-12-10-18-31(34)37/h3-24H,1-2H3. The first kappa shape index (κ1) is 23.4. The zero-order chi connectivity index (χ0) is 26.6. The SMILES string of the molecule is Cc1cn(C)c2cc(N3c4ccccc4[Si](c4ccccc4)(c4ccccc4)c4ccccc43)ccc2c1=O. The molecule has 0 aliphatic carbocycles. The second-order valence-electron chi connectivity index (χ2n) is 10.3. The molecule has 0 amide bonds. The maximum absolute atomic E-state index is 12.9. The molecule has 1 aliphatic rings. The summed E-state index contributed by atoms with van der Waals surface area (Å²) in [6.45, 7) is 1.88. The quantitative estimate of drug-likeness (QED) is 0.306. The highest BCUT2D eigenvalue weighted by Crippen LogP contribution is 2.38. The van der Waals surface area contributed by atoms with Crippen LogP contribution in [0.5, 0.6) is 0 Å². The first-order valence-electron chi connectivity index (χ1n) is 13.3. The van der Waals surface area contributed by atoms with Crippen molar-refractivity contribution >= 4 is 56.8 Å². The summed E-state index contributed by atoms with van der Waals surface area (Å²) in [6.07, 6.45) is 1.93. The monoisotopic (exact) mass is 520 g/mol. The Balaban J connectivity index is 1.59. The molecule has 0 unspecified atom stereocenters. The topological polar surface area (TPSA) is 25.2 Å². The molecule has 4 heteroatoms. The fraction of sp³-hybridized carbons (Fsp3) is 0.0571. The summed E-state index contributed by atoms with van der Waals surface area (Å²) >= 11 is 0. The first-order chi connectivity index (χ1) is 19.1. The van der Waals surface area contributed by atoms with Crippen LogP contribution in [0.15, 0.2) is 138 Å². The molecule has 5 aromatic carbocycles. The molecule has 0 N–H and O–H groups in total. The molecule has 3 nitrogen and oxygen atoms in total. The number of para-hydroxylation sites is 2. The maximum Gasteiger partial charge on any atom is 0.192 e. The summed E-state index contributed by atoms with van der Waals surface area (Å²) in [4.78, 5) is 15.3. The normalized spacial score (nSPS) is 13.6. The van der Waals surface area contributed by atoms with Gasteiger partial charge < -0.3 is 9.47 Å². The molecule has 0 radical (unpaired) electrons. The Hall–Kier alpha value is -4.67. The van der Waals surface area contributed by atoms with E-state index in [0.29, 0.717) is 0 Å². The van der Waals surface area contributed by atoms with E-state index >= 15 is 0 Å². The van der Waals surface area contributed by atoms with Gasteiger partial charge in [0.25, 0.3) is 0 Å². The van der Waals surface area contributed by atoms with E-state index in [0.717, 1.165) is 22.2 Å². The lowest BCUT2D eigenvalue weighted by atomic mass is 10.1. The molecular formula is C35H28N2OSi. The van der Waals surface area contributed by atoms with Gasteiger partial charge in [0.05, 0.1) is 5.52 Å². The lowest BCUT2D eigenvalue weighted by Crippen LogP contribution is -2.77. The number of benzene rings is 5. The van der Waals surface area contributed by atoms with Crippen molar-refractivity contribution in [2.75, 3.05) is 4.90 Å². The van der Waals surface area contributed by atoms with Gasteiger partial charge in [-0.25, -0.2) is 0 Å². The van der Waals surface area contributed by atoms with Crippen LogP contribution in [0.1, 0.15) is 5.56 Å². The predicted molar refractivity (Wildman–Crippen MR) is 166 cm³/mol. The van der Waals surface area contributed by atoms with Crippen molar-refractivity contribution in [1.82, 2.24) is 4.57 Å². The summed E-state index contributed by atoms with van der Waals surface area (Å²) < 4.78 is 2.06. The highest BCUT2D eigenvalue weighted by molar-refractivity contribution is 7.21. The molecule has 0 saturated carbocycles. The highest BCUT2D eigenvalue weighted by atomic mass is 28.3. The minimum Gasteiger partial charge on any atom is -0.350 e. The number of hydrogen-bond acceptors (Lipinski definition) is 2. The minimum atomic E-state index is -2.63. The summed E-state index contributed by atoms with van der Waals surface area (Å²) in [5.74, 6) is 0. The Bertz CT molecular complexity index is 1820. The number of nitrogens with zero attached hydrogens (tertiary/aromatic N) is 2. The molecule has 0 atom stereocenters. The average molecular weight is 521 g/mol. The van der Waals surface area contributed by atoms with Gasteiger partial charge in [-0.1, -0.05) is 97.1 Å². The fourth-order valence-electron chi connectivity index (χ4n) is 6.46. The number of anilines is 3. The van der Waals surface area contributed by atoms with E-state index in [2.05, 4.69) is 131 Å². The molecule has 0 spiro atoms. The Morgan fingerprint density at radius 3 is 1.69 bits per heavy atom. The zero-order valence-electron chi connectivity index (χ0n) is 22.0. The van der Waals surface area contributed by atoms with E-state index in [1.807, 2.05) is 26.2 Å². The van der Waals surface area contributed by atoms with E-state index in [9.17, 15) is 4.79 Å². The second-order valence-corrected chi connectivity index (χ2v) is 14.0. The molecule has 6 aromatic rings. The van der Waals surface area contributed by atoms with Gasteiger partial charge in [0, 0.05) is 41.3 Å². The minimum absolute atomic E-state index is 0.0914. The number of rotatable bonds is 3. The summed E-state index contributed by atoms with van der Waals surface area (Å²) in [7, 11) is -0.615. The smallest absolute Gasteiger partial charge is 0.192 e. The molecular weight excluding hydrogens is 492 g/mol. The number of hydrogen-bond donors (Lipinski definition) is 0. The van der Waals surface area contributed by atoms with Crippen LogP contribution in [0.3, 0.4) is 0 Å². The molecule has 2 heterocycles. The maximum atomic E-state index is 12.9. The highest BCUT2D eigenvalue weighted by Gasteiger charge is 2.48. The molecule has 0 fully saturated rings. The molecule has 1 aliphatic heterocycles. The summed E-state index contributed by atoms with van der Waals surface area (Å²) in [6, 6.07) is 46.1. The van der Waals surface area contributed by atoms with Crippen LogP contribution in [0.2, 0.25) is 0 Å². The third-order valence-electron chi connectivity index (χ3n) is 8.12. The van der Waals surface area contributed by atoms with Crippen molar-refractivity contribution in [3.05, 3.63) is 149 Å². The van der Waals surface area contributed by atoms with Gasteiger partial charge in [-0.2, -0.15) is 0 Å². The van der Waals surface area contributed by atoms with Crippen LogP contribution < -0.4 is 31.1 Å². The lowest BCUT2D eigenvalue weighted by Gasteiger charge is -2.45. The Kier molecular flexibility index (Phi) is 5.39. The van der Waals surface area contributed by atoms with Gasteiger partial charge in [0.15, 0.2) is 13.5 Å². The van der Waals surface area contributed by atoms with Crippen LogP contribution in [0.25, 0.3) is 10.9 Å². The van der Waals surface area contributed by atoms with E-state index in [-0.39, 0.29) is 5.43 Å². The molecule has 0 saturated heterocycles. The van der Waals surface area contributed by atoms with Gasteiger partial charge in [0.1, 0.15) is 0 Å². The second kappa shape index (κ2) is 8.97. The van der Waals surface area contributed by atoms with Gasteiger partial charge in [-0.15, -0.1) is 0 Å². The number of fused-ring (bicyclic) bond motifs is 3. The Morgan fingerprint density at radius 2 is 1.13 bits per heavy atom. The number of aryl methyl sites for hydroxylation is 2. The van der Waals surface area contributed by atoms with Crippen LogP contribution in [0.4, 0.5) is 17.1 Å². The third kappa shape index (κ3) is 3.38. The zero-order valence-corrected chi connectivity index (χ0v) is 23.0. The molecule has 39 heavy (non-hydrogen) atoms. The van der Waals surface area contributed by atoms with Gasteiger partial charge in [-0.05, 0) is 58.0 Å². The number of pyridine rings is 1. The third-order valence-corrected chi connectivity index (χ3v) is 13.0. The Morgan fingerprint density at radius 1 is 0.615 bits per heavy atom. The van der Waals surface area contributed by atoms with E-state index < -0.39 is 8.07 Å².